The van der Waals surface area contributed by atoms with E-state index >= 15 is 0 Å². The maximum absolute atomic E-state index is 13.2. The summed E-state index contributed by atoms with van der Waals surface area (Å²) < 4.78 is 13.2. The van der Waals surface area contributed by atoms with Crippen LogP contribution in [0.2, 0.25) is 0 Å². The number of carbonyl (C=O) groups excluding carboxylic acids is 3. The summed E-state index contributed by atoms with van der Waals surface area (Å²) in [6.07, 6.45) is 1.12. The monoisotopic (exact) mass is 237 g/mol. The van der Waals surface area contributed by atoms with E-state index in [2.05, 4.69) is 10.3 Å². The SMILES string of the molecule is O=C1CC(NC(=O)c2ncccc2F)C(=O)N1. The third-order valence-corrected chi connectivity index (χ3v) is 2.25. The van der Waals surface area contributed by atoms with Crippen LogP contribution >= 0.6 is 0 Å². The largest absolute Gasteiger partial charge is 0.338 e. The van der Waals surface area contributed by atoms with E-state index in [0.29, 0.717) is 0 Å². The van der Waals surface area contributed by atoms with Crippen molar-refractivity contribution in [3.63, 3.8) is 0 Å². The van der Waals surface area contributed by atoms with Gasteiger partial charge in [-0.15, -0.1) is 0 Å². The average Bonchev–Trinajstić information content (AvgIpc) is 2.58. The number of amides is 3. The van der Waals surface area contributed by atoms with E-state index in [9.17, 15) is 18.8 Å². The number of imide groups is 1. The first kappa shape index (κ1) is 11.2. The molecule has 17 heavy (non-hydrogen) atoms. The number of nitrogens with zero attached hydrogens (tertiary/aromatic N) is 1. The van der Waals surface area contributed by atoms with Gasteiger partial charge in [0, 0.05) is 6.20 Å². The van der Waals surface area contributed by atoms with Gasteiger partial charge < -0.3 is 5.32 Å². The summed E-state index contributed by atoms with van der Waals surface area (Å²) in [5, 5.41) is 4.27. The third kappa shape index (κ3) is 2.27. The van der Waals surface area contributed by atoms with Crippen LogP contribution in [0.15, 0.2) is 18.3 Å². The Kier molecular flexibility index (Phi) is 2.82. The van der Waals surface area contributed by atoms with Gasteiger partial charge in [-0.2, -0.15) is 0 Å². The fourth-order valence-corrected chi connectivity index (χ4v) is 1.45. The summed E-state index contributed by atoms with van der Waals surface area (Å²) in [6.45, 7) is 0. The highest BCUT2D eigenvalue weighted by atomic mass is 19.1. The van der Waals surface area contributed by atoms with Crippen LogP contribution in [0.25, 0.3) is 0 Å². The molecular formula is C10H8FN3O3. The molecule has 7 heteroatoms. The molecule has 1 aromatic rings. The van der Waals surface area contributed by atoms with Crippen molar-refractivity contribution in [3.05, 3.63) is 29.8 Å². The Morgan fingerprint density at radius 3 is 2.88 bits per heavy atom. The van der Waals surface area contributed by atoms with Crippen molar-refractivity contribution >= 4 is 17.7 Å². The summed E-state index contributed by atoms with van der Waals surface area (Å²) in [7, 11) is 0. The number of pyridine rings is 1. The maximum atomic E-state index is 13.2. The molecule has 88 valence electrons. The first-order chi connectivity index (χ1) is 8.08. The van der Waals surface area contributed by atoms with Gasteiger partial charge in [0.1, 0.15) is 6.04 Å². The zero-order chi connectivity index (χ0) is 12.4. The number of hydrogen-bond donors (Lipinski definition) is 2. The number of carbonyl (C=O) groups is 3. The van der Waals surface area contributed by atoms with Crippen LogP contribution < -0.4 is 10.6 Å². The second-order valence-electron chi connectivity index (χ2n) is 3.48. The number of rotatable bonds is 2. The van der Waals surface area contributed by atoms with Gasteiger partial charge in [0.15, 0.2) is 11.5 Å². The number of nitrogens with one attached hydrogen (secondary N) is 2. The Hall–Kier alpha value is -2.31. The van der Waals surface area contributed by atoms with Crippen molar-refractivity contribution in [3.8, 4) is 0 Å². The molecule has 2 N–H and O–H groups in total. The molecule has 2 heterocycles. The zero-order valence-electron chi connectivity index (χ0n) is 8.57. The van der Waals surface area contributed by atoms with Crippen LogP contribution in [0.4, 0.5) is 4.39 Å². The fourth-order valence-electron chi connectivity index (χ4n) is 1.45. The summed E-state index contributed by atoms with van der Waals surface area (Å²) in [4.78, 5) is 37.2. The third-order valence-electron chi connectivity index (χ3n) is 2.25. The first-order valence-electron chi connectivity index (χ1n) is 4.83. The molecule has 6 nitrogen and oxygen atoms in total. The van der Waals surface area contributed by atoms with Gasteiger partial charge in [-0.1, -0.05) is 0 Å². The average molecular weight is 237 g/mol. The summed E-state index contributed by atoms with van der Waals surface area (Å²) in [5.74, 6) is -2.67. The highest BCUT2D eigenvalue weighted by molar-refractivity contribution is 6.07. The fraction of sp³-hybridized carbons (Fsp3) is 0.200. The molecule has 1 aliphatic rings. The number of aromatic nitrogens is 1. The van der Waals surface area contributed by atoms with Crippen molar-refractivity contribution in [1.82, 2.24) is 15.6 Å². The molecule has 0 aromatic carbocycles. The highest BCUT2D eigenvalue weighted by Gasteiger charge is 2.32. The normalized spacial score (nSPS) is 19.0. The molecule has 1 aromatic heterocycles. The molecule has 0 aliphatic carbocycles. The lowest BCUT2D eigenvalue weighted by Gasteiger charge is -2.08. The number of hydrogen-bond acceptors (Lipinski definition) is 4. The van der Waals surface area contributed by atoms with Gasteiger partial charge >= 0.3 is 0 Å². The van der Waals surface area contributed by atoms with E-state index < -0.39 is 35.3 Å². The van der Waals surface area contributed by atoms with Crippen molar-refractivity contribution in [2.24, 2.45) is 0 Å². The molecule has 0 spiro atoms. The van der Waals surface area contributed by atoms with Crippen molar-refractivity contribution in [2.75, 3.05) is 0 Å². The van der Waals surface area contributed by atoms with Gasteiger partial charge in [-0.25, -0.2) is 9.37 Å². The second-order valence-corrected chi connectivity index (χ2v) is 3.48. The minimum Gasteiger partial charge on any atom is -0.338 e. The minimum absolute atomic E-state index is 0.140. The molecule has 1 atom stereocenters. The summed E-state index contributed by atoms with van der Waals surface area (Å²) >= 11 is 0. The maximum Gasteiger partial charge on any atom is 0.273 e. The molecule has 0 radical (unpaired) electrons. The van der Waals surface area contributed by atoms with Crippen LogP contribution in [-0.4, -0.2) is 28.7 Å². The van der Waals surface area contributed by atoms with E-state index in [4.69, 9.17) is 0 Å². The molecular weight excluding hydrogens is 229 g/mol. The zero-order valence-corrected chi connectivity index (χ0v) is 8.57. The Labute approximate surface area is 95.2 Å². The van der Waals surface area contributed by atoms with E-state index in [0.717, 1.165) is 6.07 Å². The summed E-state index contributed by atoms with van der Waals surface area (Å²) in [6, 6.07) is 1.47. The Morgan fingerprint density at radius 2 is 2.29 bits per heavy atom. The molecule has 0 saturated carbocycles. The molecule has 1 saturated heterocycles. The molecule has 1 aliphatic heterocycles. The van der Waals surface area contributed by atoms with Gasteiger partial charge in [0.25, 0.3) is 5.91 Å². The standard InChI is InChI=1S/C10H8FN3O3/c11-5-2-1-3-12-8(5)10(17)13-6-4-7(15)14-9(6)16/h1-3,6H,4H2,(H,13,17)(H,14,15,16). The lowest BCUT2D eigenvalue weighted by Crippen LogP contribution is -2.40. The van der Waals surface area contributed by atoms with Crippen LogP contribution in [0.3, 0.4) is 0 Å². The Bertz CT molecular complexity index is 503. The van der Waals surface area contributed by atoms with E-state index in [1.54, 1.807) is 0 Å². The van der Waals surface area contributed by atoms with Gasteiger partial charge in [-0.3, -0.25) is 19.7 Å². The van der Waals surface area contributed by atoms with E-state index in [1.165, 1.54) is 12.3 Å². The first-order valence-corrected chi connectivity index (χ1v) is 4.83. The predicted octanol–water partition coefficient (Wildman–Crippen LogP) is -0.634. The van der Waals surface area contributed by atoms with Gasteiger partial charge in [0.05, 0.1) is 6.42 Å². The Morgan fingerprint density at radius 1 is 1.53 bits per heavy atom. The molecule has 0 bridgehead atoms. The molecule has 3 amide bonds. The summed E-state index contributed by atoms with van der Waals surface area (Å²) in [5.41, 5.74) is -0.403. The van der Waals surface area contributed by atoms with Gasteiger partial charge in [0.2, 0.25) is 11.8 Å². The van der Waals surface area contributed by atoms with Crippen LogP contribution in [0.1, 0.15) is 16.9 Å². The number of halogens is 1. The topological polar surface area (TPSA) is 88.2 Å². The smallest absolute Gasteiger partial charge is 0.273 e. The Balaban J connectivity index is 2.10. The van der Waals surface area contributed by atoms with Crippen molar-refractivity contribution in [2.45, 2.75) is 12.5 Å². The quantitative estimate of drug-likeness (QED) is 0.670. The second kappa shape index (κ2) is 4.28. The van der Waals surface area contributed by atoms with Gasteiger partial charge in [-0.05, 0) is 12.1 Å². The molecule has 1 unspecified atom stereocenters. The predicted molar refractivity (Wildman–Crippen MR) is 53.2 cm³/mol. The highest BCUT2D eigenvalue weighted by Crippen LogP contribution is 2.06. The van der Waals surface area contributed by atoms with E-state index in [1.807, 2.05) is 5.32 Å². The van der Waals surface area contributed by atoms with Crippen LogP contribution in [-0.2, 0) is 9.59 Å². The molecule has 2 rings (SSSR count). The minimum atomic E-state index is -0.962. The van der Waals surface area contributed by atoms with Crippen molar-refractivity contribution in [1.29, 1.82) is 0 Å². The lowest BCUT2D eigenvalue weighted by atomic mass is 10.2. The van der Waals surface area contributed by atoms with E-state index in [-0.39, 0.29) is 6.42 Å². The van der Waals surface area contributed by atoms with Crippen LogP contribution in [0.5, 0.6) is 0 Å². The van der Waals surface area contributed by atoms with Crippen molar-refractivity contribution < 1.29 is 18.8 Å². The molecule has 1 fully saturated rings. The lowest BCUT2D eigenvalue weighted by molar-refractivity contribution is -0.125. The van der Waals surface area contributed by atoms with Crippen LogP contribution in [0, 0.1) is 5.82 Å².